The Morgan fingerprint density at radius 1 is 1.10 bits per heavy atom. The molecule has 2 rings (SSSR count). The highest BCUT2D eigenvalue weighted by Gasteiger charge is 2.16. The summed E-state index contributed by atoms with van der Waals surface area (Å²) in [6.07, 6.45) is 0. The number of ether oxygens (including phenoxy) is 2. The molecular weight excluding hydrogens is 394 g/mol. The van der Waals surface area contributed by atoms with Crippen molar-refractivity contribution < 1.29 is 22.7 Å². The minimum absolute atomic E-state index is 0.122. The number of sulfonamides is 1. The van der Waals surface area contributed by atoms with Gasteiger partial charge in [0.05, 0.1) is 25.7 Å². The van der Waals surface area contributed by atoms with E-state index in [2.05, 4.69) is 10.0 Å². The molecule has 0 heterocycles. The first-order chi connectivity index (χ1) is 13.7. The lowest BCUT2D eigenvalue weighted by molar-refractivity contribution is -0.117. The number of carbonyl (C=O) groups is 1. The summed E-state index contributed by atoms with van der Waals surface area (Å²) in [6, 6.07) is 10.3. The maximum absolute atomic E-state index is 12.4. The molecule has 0 saturated carbocycles. The van der Waals surface area contributed by atoms with Crippen molar-refractivity contribution >= 4 is 21.6 Å². The number of aryl methyl sites for hydroxylation is 1. The summed E-state index contributed by atoms with van der Waals surface area (Å²) in [7, 11) is 2.73. The van der Waals surface area contributed by atoms with Crippen LogP contribution in [-0.4, -0.2) is 54.1 Å². The largest absolute Gasteiger partial charge is 0.497 e. The average molecular weight is 422 g/mol. The predicted octanol–water partition coefficient (Wildman–Crippen LogP) is 1.99. The van der Waals surface area contributed by atoms with Crippen molar-refractivity contribution in [3.05, 3.63) is 47.5 Å². The predicted molar refractivity (Wildman–Crippen MR) is 112 cm³/mol. The van der Waals surface area contributed by atoms with E-state index in [0.717, 1.165) is 5.56 Å². The molecule has 0 aliphatic heterocycles. The summed E-state index contributed by atoms with van der Waals surface area (Å²) < 4.78 is 37.1. The molecule has 1 amide bonds. The van der Waals surface area contributed by atoms with Crippen molar-refractivity contribution in [1.82, 2.24) is 9.62 Å². The monoisotopic (exact) mass is 421 g/mol. The van der Waals surface area contributed by atoms with Crippen LogP contribution in [0, 0.1) is 6.92 Å². The second-order valence-corrected chi connectivity index (χ2v) is 8.44. The van der Waals surface area contributed by atoms with Crippen molar-refractivity contribution in [2.75, 3.05) is 40.2 Å². The van der Waals surface area contributed by atoms with Gasteiger partial charge in [0.2, 0.25) is 15.9 Å². The molecule has 8 nitrogen and oxygen atoms in total. The molecule has 0 unspecified atom stereocenters. The lowest BCUT2D eigenvalue weighted by Crippen LogP contribution is -2.30. The van der Waals surface area contributed by atoms with Gasteiger partial charge in [0, 0.05) is 23.9 Å². The first-order valence-corrected chi connectivity index (χ1v) is 10.4. The maximum Gasteiger partial charge on any atom is 0.240 e. The van der Waals surface area contributed by atoms with E-state index in [1.165, 1.54) is 13.1 Å². The number of hydrogen-bond donors (Lipinski definition) is 2. The third-order valence-corrected chi connectivity index (χ3v) is 5.93. The Hall–Kier alpha value is -2.62. The molecule has 158 valence electrons. The number of nitrogens with one attached hydrogen (secondary N) is 2. The molecule has 0 fully saturated rings. The SMILES string of the molecule is CNS(=O)(=O)c1cc(NC(=O)CN(C)Cc2ccc(OC)cc2OC)ccc1C. The topological polar surface area (TPSA) is 97.0 Å². The van der Waals surface area contributed by atoms with Crippen LogP contribution in [0.3, 0.4) is 0 Å². The van der Waals surface area contributed by atoms with E-state index < -0.39 is 10.0 Å². The van der Waals surface area contributed by atoms with Crippen molar-refractivity contribution in [3.63, 3.8) is 0 Å². The molecule has 9 heteroatoms. The van der Waals surface area contributed by atoms with Gasteiger partial charge in [-0.25, -0.2) is 13.1 Å². The summed E-state index contributed by atoms with van der Waals surface area (Å²) in [4.78, 5) is 14.4. The van der Waals surface area contributed by atoms with Gasteiger partial charge in [0.15, 0.2) is 0 Å². The van der Waals surface area contributed by atoms with Gasteiger partial charge in [-0.05, 0) is 44.8 Å². The zero-order valence-electron chi connectivity index (χ0n) is 17.3. The highest BCUT2D eigenvalue weighted by atomic mass is 32.2. The Kier molecular flexibility index (Phi) is 7.60. The average Bonchev–Trinajstić information content (AvgIpc) is 2.69. The Morgan fingerprint density at radius 3 is 2.45 bits per heavy atom. The Balaban J connectivity index is 2.05. The van der Waals surface area contributed by atoms with E-state index in [4.69, 9.17) is 9.47 Å². The molecule has 0 aliphatic carbocycles. The minimum Gasteiger partial charge on any atom is -0.497 e. The maximum atomic E-state index is 12.4. The standard InChI is InChI=1S/C20H27N3O5S/c1-14-6-8-16(10-19(14)29(25,26)21-2)22-20(24)13-23(3)12-15-7-9-17(27-4)11-18(15)28-5/h6-11,21H,12-13H2,1-5H3,(H,22,24). The van der Waals surface area contributed by atoms with Gasteiger partial charge in [-0.3, -0.25) is 9.69 Å². The highest BCUT2D eigenvalue weighted by molar-refractivity contribution is 7.89. The molecule has 0 radical (unpaired) electrons. The van der Waals surface area contributed by atoms with Crippen molar-refractivity contribution in [1.29, 1.82) is 0 Å². The summed E-state index contributed by atoms with van der Waals surface area (Å²) in [5.74, 6) is 1.12. The molecular formula is C20H27N3O5S. The summed E-state index contributed by atoms with van der Waals surface area (Å²) in [5.41, 5.74) is 1.94. The molecule has 0 saturated heterocycles. The number of methoxy groups -OCH3 is 2. The lowest BCUT2D eigenvalue weighted by atomic mass is 10.1. The zero-order chi connectivity index (χ0) is 21.6. The molecule has 0 spiro atoms. The highest BCUT2D eigenvalue weighted by Crippen LogP contribution is 2.25. The Bertz CT molecular complexity index is 976. The van der Waals surface area contributed by atoms with Gasteiger partial charge >= 0.3 is 0 Å². The quantitative estimate of drug-likeness (QED) is 0.643. The van der Waals surface area contributed by atoms with Crippen LogP contribution in [0.2, 0.25) is 0 Å². The fourth-order valence-electron chi connectivity index (χ4n) is 2.85. The molecule has 2 N–H and O–H groups in total. The zero-order valence-corrected chi connectivity index (χ0v) is 18.1. The first kappa shape index (κ1) is 22.7. The molecule has 2 aromatic rings. The van der Waals surface area contributed by atoms with E-state index in [9.17, 15) is 13.2 Å². The number of carbonyl (C=O) groups excluding carboxylic acids is 1. The number of rotatable bonds is 9. The summed E-state index contributed by atoms with van der Waals surface area (Å²) >= 11 is 0. The van der Waals surface area contributed by atoms with Crippen molar-refractivity contribution in [3.8, 4) is 11.5 Å². The van der Waals surface area contributed by atoms with Gasteiger partial charge in [-0.2, -0.15) is 0 Å². The molecule has 2 aromatic carbocycles. The lowest BCUT2D eigenvalue weighted by Gasteiger charge is -2.19. The fraction of sp³-hybridized carbons (Fsp3) is 0.350. The number of anilines is 1. The van der Waals surface area contributed by atoms with Crippen LogP contribution < -0.4 is 19.5 Å². The number of nitrogens with zero attached hydrogens (tertiary/aromatic N) is 1. The number of hydrogen-bond acceptors (Lipinski definition) is 6. The van der Waals surface area contributed by atoms with Crippen LogP contribution in [0.5, 0.6) is 11.5 Å². The van der Waals surface area contributed by atoms with Crippen molar-refractivity contribution in [2.24, 2.45) is 0 Å². The van der Waals surface area contributed by atoms with Crippen LogP contribution in [-0.2, 0) is 21.4 Å². The van der Waals surface area contributed by atoms with Gasteiger partial charge in [-0.15, -0.1) is 0 Å². The van der Waals surface area contributed by atoms with Crippen molar-refractivity contribution in [2.45, 2.75) is 18.4 Å². The Morgan fingerprint density at radius 2 is 1.83 bits per heavy atom. The van der Waals surface area contributed by atoms with Crippen LogP contribution in [0.4, 0.5) is 5.69 Å². The Labute approximate surface area is 171 Å². The number of amides is 1. The minimum atomic E-state index is -3.60. The van der Waals surface area contributed by atoms with Crippen LogP contribution in [0.1, 0.15) is 11.1 Å². The summed E-state index contributed by atoms with van der Waals surface area (Å²) in [6.45, 7) is 2.32. The van der Waals surface area contributed by atoms with E-state index >= 15 is 0 Å². The molecule has 0 atom stereocenters. The van der Waals surface area contributed by atoms with Gasteiger partial charge < -0.3 is 14.8 Å². The molecule has 0 aromatic heterocycles. The van der Waals surface area contributed by atoms with Crippen LogP contribution in [0.15, 0.2) is 41.3 Å². The molecule has 0 bridgehead atoms. The third-order valence-electron chi connectivity index (χ3n) is 4.38. The number of benzene rings is 2. The van der Waals surface area contributed by atoms with Gasteiger partial charge in [0.25, 0.3) is 0 Å². The van der Waals surface area contributed by atoms with Gasteiger partial charge in [0.1, 0.15) is 11.5 Å². The smallest absolute Gasteiger partial charge is 0.240 e. The van der Waals surface area contributed by atoms with E-state index in [1.54, 1.807) is 39.3 Å². The summed E-state index contributed by atoms with van der Waals surface area (Å²) in [5, 5.41) is 2.75. The van der Waals surface area contributed by atoms with E-state index in [0.29, 0.717) is 29.3 Å². The van der Waals surface area contributed by atoms with E-state index in [-0.39, 0.29) is 17.3 Å². The van der Waals surface area contributed by atoms with Gasteiger partial charge in [-0.1, -0.05) is 12.1 Å². The van der Waals surface area contributed by atoms with Crippen LogP contribution in [0.25, 0.3) is 0 Å². The normalized spacial score (nSPS) is 11.4. The molecule has 29 heavy (non-hydrogen) atoms. The second kappa shape index (κ2) is 9.73. The third kappa shape index (κ3) is 5.93. The second-order valence-electron chi connectivity index (χ2n) is 6.59. The number of likely N-dealkylation sites (N-methyl/N-ethyl adjacent to an activating group) is 1. The first-order valence-electron chi connectivity index (χ1n) is 8.93. The van der Waals surface area contributed by atoms with Crippen LogP contribution >= 0.6 is 0 Å². The fourth-order valence-corrected chi connectivity index (χ4v) is 3.85. The molecule has 0 aliphatic rings. The van der Waals surface area contributed by atoms with E-state index in [1.807, 2.05) is 24.1 Å².